The number of halogens is 2. The van der Waals surface area contributed by atoms with Gasteiger partial charge in [0.1, 0.15) is 12.1 Å². The molecule has 1 N–H and O–H groups in total. The zero-order chi connectivity index (χ0) is 20.8. The van der Waals surface area contributed by atoms with Crippen LogP contribution < -0.4 is 5.43 Å². The van der Waals surface area contributed by atoms with E-state index in [2.05, 4.69) is 15.6 Å². The smallest absolute Gasteiger partial charge is 0.273 e. The predicted molar refractivity (Wildman–Crippen MR) is 102 cm³/mol. The number of carbonyl (C=O) groups excluding carboxylic acids is 1. The van der Waals surface area contributed by atoms with Crippen LogP contribution in [0.4, 0.5) is 14.5 Å². The second kappa shape index (κ2) is 8.72. The highest BCUT2D eigenvalue weighted by atomic mass is 19.2. The van der Waals surface area contributed by atoms with Crippen molar-refractivity contribution in [3.05, 3.63) is 65.2 Å². The fourth-order valence-electron chi connectivity index (χ4n) is 2.70. The molecule has 144 valence electrons. The number of nitriles is 2. The Kier molecular flexibility index (Phi) is 5.91. The molecule has 0 aliphatic carbocycles. The average Bonchev–Trinajstić information content (AvgIpc) is 2.76. The van der Waals surface area contributed by atoms with Crippen LogP contribution in [0.3, 0.4) is 0 Å². The first-order valence-corrected chi connectivity index (χ1v) is 8.60. The molecule has 2 aromatic rings. The predicted octanol–water partition coefficient (Wildman–Crippen LogP) is 3.42. The van der Waals surface area contributed by atoms with E-state index >= 15 is 0 Å². The number of rotatable bonds is 4. The molecule has 1 aliphatic heterocycles. The fraction of sp³-hybridized carbons (Fsp3) is 0.150. The van der Waals surface area contributed by atoms with Crippen molar-refractivity contribution in [2.24, 2.45) is 10.2 Å². The molecule has 0 atom stereocenters. The number of nitrogens with one attached hydrogen (secondary N) is 1. The van der Waals surface area contributed by atoms with E-state index in [1.54, 1.807) is 36.4 Å². The van der Waals surface area contributed by atoms with E-state index in [9.17, 15) is 13.6 Å². The summed E-state index contributed by atoms with van der Waals surface area (Å²) in [6, 6.07) is 13.1. The van der Waals surface area contributed by atoms with Crippen LogP contribution in [0.2, 0.25) is 0 Å². The standard InChI is InChI=1S/C20H14F2N6O/c21-17-8-5-14(10-18(17)22)19-2-1-9-28(27-19)20(29)13-3-6-15(7-4-13)25-26-16(11-23)12-24/h3-8,10,25H,1-2,9H2. The van der Waals surface area contributed by atoms with E-state index < -0.39 is 11.6 Å². The van der Waals surface area contributed by atoms with Crippen LogP contribution >= 0.6 is 0 Å². The molecular formula is C20H14F2N6O. The molecule has 1 aliphatic rings. The summed E-state index contributed by atoms with van der Waals surface area (Å²) in [5.74, 6) is -2.24. The van der Waals surface area contributed by atoms with E-state index in [0.29, 0.717) is 41.9 Å². The third-order valence-corrected chi connectivity index (χ3v) is 4.15. The lowest BCUT2D eigenvalue weighted by molar-refractivity contribution is 0.0751. The minimum absolute atomic E-state index is 0.322. The van der Waals surface area contributed by atoms with Crippen LogP contribution in [0.5, 0.6) is 0 Å². The summed E-state index contributed by atoms with van der Waals surface area (Å²) in [4.78, 5) is 12.7. The van der Waals surface area contributed by atoms with E-state index in [-0.39, 0.29) is 11.6 Å². The SMILES string of the molecule is N#CC(C#N)=NNc1ccc(C(=O)N2CCCC(c3ccc(F)c(F)c3)=N2)cc1. The minimum atomic E-state index is -0.963. The summed E-state index contributed by atoms with van der Waals surface area (Å²) in [5, 5.41) is 26.5. The molecule has 0 radical (unpaired) electrons. The molecular weight excluding hydrogens is 378 g/mol. The highest BCUT2D eigenvalue weighted by Crippen LogP contribution is 2.19. The van der Waals surface area contributed by atoms with Gasteiger partial charge in [0.05, 0.1) is 11.4 Å². The van der Waals surface area contributed by atoms with Gasteiger partial charge in [-0.2, -0.15) is 20.7 Å². The molecule has 0 fully saturated rings. The van der Waals surface area contributed by atoms with E-state index in [1.165, 1.54) is 11.1 Å². The first-order chi connectivity index (χ1) is 14.0. The van der Waals surface area contributed by atoms with Crippen molar-refractivity contribution >= 4 is 23.0 Å². The van der Waals surface area contributed by atoms with Gasteiger partial charge in [0, 0.05) is 17.7 Å². The Bertz CT molecular complexity index is 1060. The second-order valence-corrected chi connectivity index (χ2v) is 6.08. The van der Waals surface area contributed by atoms with E-state index in [1.807, 2.05) is 0 Å². The number of hydrazone groups is 2. The van der Waals surface area contributed by atoms with Gasteiger partial charge in [0.25, 0.3) is 5.91 Å². The Labute approximate surface area is 165 Å². The Morgan fingerprint density at radius 1 is 1.10 bits per heavy atom. The summed E-state index contributed by atoms with van der Waals surface area (Å²) in [6.45, 7) is 0.407. The van der Waals surface area contributed by atoms with Crippen LogP contribution in [-0.2, 0) is 0 Å². The van der Waals surface area contributed by atoms with Gasteiger partial charge >= 0.3 is 0 Å². The Morgan fingerprint density at radius 2 is 1.83 bits per heavy atom. The Morgan fingerprint density at radius 3 is 2.48 bits per heavy atom. The molecule has 29 heavy (non-hydrogen) atoms. The largest absolute Gasteiger partial charge is 0.277 e. The fourth-order valence-corrected chi connectivity index (χ4v) is 2.70. The summed E-state index contributed by atoms with van der Waals surface area (Å²) < 4.78 is 26.6. The molecule has 0 unspecified atom stereocenters. The molecule has 7 nitrogen and oxygen atoms in total. The maximum Gasteiger partial charge on any atom is 0.273 e. The van der Waals surface area contributed by atoms with Crippen molar-refractivity contribution in [2.45, 2.75) is 12.8 Å². The lowest BCUT2D eigenvalue weighted by atomic mass is 10.0. The topological polar surface area (TPSA) is 105 Å². The second-order valence-electron chi connectivity index (χ2n) is 6.08. The first-order valence-electron chi connectivity index (χ1n) is 8.60. The summed E-state index contributed by atoms with van der Waals surface area (Å²) in [5.41, 5.74) is 4.04. The summed E-state index contributed by atoms with van der Waals surface area (Å²) in [6.07, 6.45) is 1.19. The zero-order valence-corrected chi connectivity index (χ0v) is 15.1. The van der Waals surface area contributed by atoms with Crippen molar-refractivity contribution in [1.29, 1.82) is 10.5 Å². The Balaban J connectivity index is 1.76. The molecule has 2 aromatic carbocycles. The summed E-state index contributed by atoms with van der Waals surface area (Å²) >= 11 is 0. The van der Waals surface area contributed by atoms with Gasteiger partial charge in [-0.25, -0.2) is 13.8 Å². The lowest BCUT2D eigenvalue weighted by Gasteiger charge is -2.24. The number of anilines is 1. The quantitative estimate of drug-likeness (QED) is 0.636. The van der Waals surface area contributed by atoms with Crippen molar-refractivity contribution in [2.75, 3.05) is 12.0 Å². The number of benzene rings is 2. The third kappa shape index (κ3) is 4.60. The van der Waals surface area contributed by atoms with Crippen LogP contribution in [0, 0.1) is 34.3 Å². The van der Waals surface area contributed by atoms with Crippen LogP contribution in [0.1, 0.15) is 28.8 Å². The van der Waals surface area contributed by atoms with Gasteiger partial charge in [0.2, 0.25) is 5.71 Å². The number of carbonyl (C=O) groups is 1. The van der Waals surface area contributed by atoms with E-state index in [0.717, 1.165) is 12.1 Å². The number of hydrogen-bond donors (Lipinski definition) is 1. The normalized spacial score (nSPS) is 13.0. The van der Waals surface area contributed by atoms with Gasteiger partial charge < -0.3 is 0 Å². The van der Waals surface area contributed by atoms with Crippen molar-refractivity contribution in [3.63, 3.8) is 0 Å². The van der Waals surface area contributed by atoms with Gasteiger partial charge in [-0.1, -0.05) is 0 Å². The van der Waals surface area contributed by atoms with E-state index in [4.69, 9.17) is 10.5 Å². The lowest BCUT2D eigenvalue weighted by Crippen LogP contribution is -2.32. The van der Waals surface area contributed by atoms with Crippen LogP contribution in [0.25, 0.3) is 0 Å². The number of nitrogens with zero attached hydrogens (tertiary/aromatic N) is 5. The van der Waals surface area contributed by atoms with Gasteiger partial charge in [-0.3, -0.25) is 10.2 Å². The van der Waals surface area contributed by atoms with Crippen LogP contribution in [0.15, 0.2) is 52.7 Å². The molecule has 1 heterocycles. The minimum Gasteiger partial charge on any atom is -0.277 e. The van der Waals surface area contributed by atoms with Crippen molar-refractivity contribution in [3.8, 4) is 12.1 Å². The zero-order valence-electron chi connectivity index (χ0n) is 15.1. The molecule has 9 heteroatoms. The highest BCUT2D eigenvalue weighted by Gasteiger charge is 2.21. The summed E-state index contributed by atoms with van der Waals surface area (Å²) in [7, 11) is 0. The average molecular weight is 392 g/mol. The van der Waals surface area contributed by atoms with Crippen LogP contribution in [-0.4, -0.2) is 28.9 Å². The van der Waals surface area contributed by atoms with Gasteiger partial charge in [0.15, 0.2) is 11.6 Å². The van der Waals surface area contributed by atoms with Gasteiger partial charge in [-0.05, 0) is 55.3 Å². The van der Waals surface area contributed by atoms with Crippen molar-refractivity contribution < 1.29 is 13.6 Å². The van der Waals surface area contributed by atoms with Gasteiger partial charge in [-0.15, -0.1) is 0 Å². The highest BCUT2D eigenvalue weighted by molar-refractivity contribution is 6.10. The molecule has 0 saturated heterocycles. The maximum absolute atomic E-state index is 13.5. The maximum atomic E-state index is 13.5. The number of hydrogen-bond acceptors (Lipinski definition) is 6. The van der Waals surface area contributed by atoms with Crippen molar-refractivity contribution in [1.82, 2.24) is 5.01 Å². The molecule has 0 aromatic heterocycles. The first kappa shape index (κ1) is 19.6. The molecule has 1 amide bonds. The molecule has 0 bridgehead atoms. The molecule has 3 rings (SSSR count). The number of amides is 1. The molecule has 0 saturated carbocycles. The Hall–Kier alpha value is -4.11. The molecule has 0 spiro atoms. The monoisotopic (exact) mass is 392 g/mol. The third-order valence-electron chi connectivity index (χ3n) is 4.15.